The van der Waals surface area contributed by atoms with E-state index in [4.69, 9.17) is 0 Å². The van der Waals surface area contributed by atoms with Gasteiger partial charge in [0.15, 0.2) is 0 Å². The molecule has 92 valence electrons. The van der Waals surface area contributed by atoms with E-state index in [1.807, 2.05) is 0 Å². The predicted molar refractivity (Wildman–Crippen MR) is 53.0 cm³/mol. The fourth-order valence-corrected chi connectivity index (χ4v) is 2.45. The zero-order valence-electron chi connectivity index (χ0n) is 9.09. The summed E-state index contributed by atoms with van der Waals surface area (Å²) < 4.78 is 37.3. The molecule has 2 saturated carbocycles. The monoisotopic (exact) mass is 235 g/mol. The number of carbonyl (C=O) groups excluding carboxylic acids is 1. The molecule has 2 aliphatic rings. The molecular weight excluding hydrogens is 219 g/mol. The maximum atomic E-state index is 12.4. The van der Waals surface area contributed by atoms with Crippen molar-refractivity contribution in [1.82, 2.24) is 4.90 Å². The standard InChI is InChI=1S/C11H16F3NO/c12-11(13,14)7-15(8-4-5-8)9-2-1-3-10(16)6-9/h8-9H,1-7H2. The number of nitrogens with zero attached hydrogens (tertiary/aromatic N) is 1. The summed E-state index contributed by atoms with van der Waals surface area (Å²) >= 11 is 0. The summed E-state index contributed by atoms with van der Waals surface area (Å²) in [7, 11) is 0. The minimum absolute atomic E-state index is 0.0672. The summed E-state index contributed by atoms with van der Waals surface area (Å²) in [6.07, 6.45) is -0.124. The Bertz CT molecular complexity index is 273. The van der Waals surface area contributed by atoms with Crippen LogP contribution in [0.4, 0.5) is 13.2 Å². The molecule has 2 rings (SSSR count). The Morgan fingerprint density at radius 3 is 2.38 bits per heavy atom. The van der Waals surface area contributed by atoms with Gasteiger partial charge in [-0.2, -0.15) is 13.2 Å². The highest BCUT2D eigenvalue weighted by atomic mass is 19.4. The lowest BCUT2D eigenvalue weighted by Crippen LogP contribution is -2.45. The number of alkyl halides is 3. The molecule has 0 spiro atoms. The Morgan fingerprint density at radius 2 is 1.88 bits per heavy atom. The third-order valence-electron chi connectivity index (χ3n) is 3.30. The van der Waals surface area contributed by atoms with E-state index in [0.717, 1.165) is 25.7 Å². The molecule has 0 aliphatic heterocycles. The molecule has 0 amide bonds. The second kappa shape index (κ2) is 4.35. The molecule has 1 unspecified atom stereocenters. The highest BCUT2D eigenvalue weighted by Gasteiger charge is 2.42. The van der Waals surface area contributed by atoms with Crippen molar-refractivity contribution in [3.8, 4) is 0 Å². The molecule has 0 N–H and O–H groups in total. The molecule has 0 aromatic rings. The molecular formula is C11H16F3NO. The van der Waals surface area contributed by atoms with Crippen LogP contribution in [0.25, 0.3) is 0 Å². The normalized spacial score (nSPS) is 27.5. The van der Waals surface area contributed by atoms with Gasteiger partial charge in [-0.15, -0.1) is 0 Å². The highest BCUT2D eigenvalue weighted by molar-refractivity contribution is 5.79. The Morgan fingerprint density at radius 1 is 1.19 bits per heavy atom. The first-order valence-corrected chi connectivity index (χ1v) is 5.80. The van der Waals surface area contributed by atoms with E-state index in [2.05, 4.69) is 0 Å². The van der Waals surface area contributed by atoms with Crippen LogP contribution in [-0.2, 0) is 4.79 Å². The van der Waals surface area contributed by atoms with Crippen LogP contribution in [0.2, 0.25) is 0 Å². The average molecular weight is 235 g/mol. The minimum atomic E-state index is -4.15. The lowest BCUT2D eigenvalue weighted by Gasteiger charge is -2.34. The van der Waals surface area contributed by atoms with E-state index in [1.54, 1.807) is 0 Å². The second-order valence-corrected chi connectivity index (χ2v) is 4.81. The van der Waals surface area contributed by atoms with Crippen molar-refractivity contribution in [3.63, 3.8) is 0 Å². The number of hydrogen-bond acceptors (Lipinski definition) is 2. The lowest BCUT2D eigenvalue weighted by molar-refractivity contribution is -0.155. The predicted octanol–water partition coefficient (Wildman–Crippen LogP) is 2.52. The van der Waals surface area contributed by atoms with Crippen LogP contribution in [0.5, 0.6) is 0 Å². The van der Waals surface area contributed by atoms with Crippen LogP contribution in [0.1, 0.15) is 38.5 Å². The first-order chi connectivity index (χ1) is 7.46. The number of rotatable bonds is 3. The van der Waals surface area contributed by atoms with Crippen molar-refractivity contribution in [2.75, 3.05) is 6.54 Å². The van der Waals surface area contributed by atoms with Gasteiger partial charge >= 0.3 is 6.18 Å². The molecule has 1 atom stereocenters. The molecule has 0 saturated heterocycles. The molecule has 0 heterocycles. The Balaban J connectivity index is 1.98. The van der Waals surface area contributed by atoms with Gasteiger partial charge in [-0.1, -0.05) is 0 Å². The Hall–Kier alpha value is -0.580. The van der Waals surface area contributed by atoms with Gasteiger partial charge in [0.25, 0.3) is 0 Å². The van der Waals surface area contributed by atoms with Gasteiger partial charge in [-0.3, -0.25) is 9.69 Å². The maximum absolute atomic E-state index is 12.4. The summed E-state index contributed by atoms with van der Waals surface area (Å²) in [5.74, 6) is 0.115. The van der Waals surface area contributed by atoms with Crippen LogP contribution < -0.4 is 0 Å². The largest absolute Gasteiger partial charge is 0.401 e. The molecule has 16 heavy (non-hydrogen) atoms. The van der Waals surface area contributed by atoms with Crippen molar-refractivity contribution in [2.45, 2.75) is 56.8 Å². The van der Waals surface area contributed by atoms with E-state index < -0.39 is 12.7 Å². The van der Waals surface area contributed by atoms with Gasteiger partial charge < -0.3 is 0 Å². The third-order valence-corrected chi connectivity index (χ3v) is 3.30. The van der Waals surface area contributed by atoms with Gasteiger partial charge in [0.2, 0.25) is 0 Å². The van der Waals surface area contributed by atoms with Crippen molar-refractivity contribution < 1.29 is 18.0 Å². The van der Waals surface area contributed by atoms with Crippen LogP contribution in [0.3, 0.4) is 0 Å². The zero-order valence-corrected chi connectivity index (χ0v) is 9.09. The van der Waals surface area contributed by atoms with Crippen molar-refractivity contribution in [2.24, 2.45) is 0 Å². The van der Waals surface area contributed by atoms with Crippen molar-refractivity contribution in [3.05, 3.63) is 0 Å². The maximum Gasteiger partial charge on any atom is 0.401 e. The molecule has 2 aliphatic carbocycles. The molecule has 0 bridgehead atoms. The first-order valence-electron chi connectivity index (χ1n) is 5.80. The molecule has 0 aromatic carbocycles. The van der Waals surface area contributed by atoms with Crippen molar-refractivity contribution in [1.29, 1.82) is 0 Å². The molecule has 2 nitrogen and oxygen atoms in total. The van der Waals surface area contributed by atoms with Gasteiger partial charge in [0, 0.05) is 24.9 Å². The molecule has 5 heteroatoms. The minimum Gasteiger partial charge on any atom is -0.300 e. The van der Waals surface area contributed by atoms with E-state index in [9.17, 15) is 18.0 Å². The summed E-state index contributed by atoms with van der Waals surface area (Å²) in [5, 5.41) is 0. The SMILES string of the molecule is O=C1CCCC(N(CC(F)(F)F)C2CC2)C1. The number of hydrogen-bond donors (Lipinski definition) is 0. The van der Waals surface area contributed by atoms with Crippen LogP contribution in [0, 0.1) is 0 Å². The Labute approximate surface area is 92.8 Å². The molecule has 0 aromatic heterocycles. The van der Waals surface area contributed by atoms with E-state index >= 15 is 0 Å². The first kappa shape index (κ1) is 11.9. The van der Waals surface area contributed by atoms with Crippen molar-refractivity contribution >= 4 is 5.78 Å². The molecule has 2 fully saturated rings. The summed E-state index contributed by atoms with van der Waals surface area (Å²) in [6.45, 7) is -0.852. The van der Waals surface area contributed by atoms with Gasteiger partial charge in [0.1, 0.15) is 5.78 Å². The molecule has 0 radical (unpaired) electrons. The topological polar surface area (TPSA) is 20.3 Å². The van der Waals surface area contributed by atoms with Gasteiger partial charge in [-0.05, 0) is 25.7 Å². The summed E-state index contributed by atoms with van der Waals surface area (Å²) in [6, 6.07) is -0.104. The summed E-state index contributed by atoms with van der Waals surface area (Å²) in [4.78, 5) is 12.8. The average Bonchev–Trinajstić information content (AvgIpc) is 2.96. The number of halogens is 3. The van der Waals surface area contributed by atoms with Crippen LogP contribution in [0.15, 0.2) is 0 Å². The third kappa shape index (κ3) is 3.20. The van der Waals surface area contributed by atoms with Gasteiger partial charge in [-0.25, -0.2) is 0 Å². The number of carbonyl (C=O) groups is 1. The smallest absolute Gasteiger partial charge is 0.300 e. The van der Waals surface area contributed by atoms with E-state index in [0.29, 0.717) is 12.8 Å². The lowest BCUT2D eigenvalue weighted by atomic mass is 9.93. The zero-order chi connectivity index (χ0) is 11.8. The number of ketones is 1. The highest BCUT2D eigenvalue weighted by Crippen LogP contribution is 2.35. The quantitative estimate of drug-likeness (QED) is 0.749. The second-order valence-electron chi connectivity index (χ2n) is 4.81. The fourth-order valence-electron chi connectivity index (χ4n) is 2.45. The number of Topliss-reactive ketones (excluding diaryl/α,β-unsaturated/α-hetero) is 1. The fraction of sp³-hybridized carbons (Fsp3) is 0.909. The van der Waals surface area contributed by atoms with E-state index in [-0.39, 0.29) is 17.9 Å². The van der Waals surface area contributed by atoms with Crippen LogP contribution in [-0.4, -0.2) is 35.5 Å². The van der Waals surface area contributed by atoms with Gasteiger partial charge in [0.05, 0.1) is 6.54 Å². The van der Waals surface area contributed by atoms with E-state index in [1.165, 1.54) is 4.90 Å². The van der Waals surface area contributed by atoms with Crippen LogP contribution >= 0.6 is 0 Å². The summed E-state index contributed by atoms with van der Waals surface area (Å²) in [5.41, 5.74) is 0. The Kier molecular flexibility index (Phi) is 3.24.